The minimum absolute atomic E-state index is 0.943. The lowest BCUT2D eigenvalue weighted by Gasteiger charge is -2.40. The van der Waals surface area contributed by atoms with Gasteiger partial charge in [-0.2, -0.15) is 0 Å². The van der Waals surface area contributed by atoms with E-state index in [-0.39, 0.29) is 0 Å². The lowest BCUT2D eigenvalue weighted by molar-refractivity contribution is -0.960. The first kappa shape index (κ1) is 18.6. The maximum Gasteiger partial charge on any atom is 0.129 e. The van der Waals surface area contributed by atoms with Gasteiger partial charge >= 0.3 is 0 Å². The molecule has 112 valence electrons. The molecule has 20 heavy (non-hydrogen) atoms. The van der Waals surface area contributed by atoms with Crippen LogP contribution in [0.5, 0.6) is 0 Å². The van der Waals surface area contributed by atoms with Gasteiger partial charge in [-0.05, 0) is 30.4 Å². The third kappa shape index (κ3) is 6.18. The van der Waals surface area contributed by atoms with Crippen molar-refractivity contribution in [1.29, 1.82) is 0 Å². The zero-order valence-electron chi connectivity index (χ0n) is 13.3. The van der Waals surface area contributed by atoms with E-state index in [1.165, 1.54) is 0 Å². The number of rotatable bonds is 13. The largest absolute Gasteiger partial charge is 0.315 e. The fourth-order valence-corrected chi connectivity index (χ4v) is 2.65. The van der Waals surface area contributed by atoms with E-state index in [1.807, 2.05) is 30.4 Å². The monoisotopic (exact) mass is 276 g/mol. The number of likely N-dealkylation sites (N-methyl/N-ethyl adjacent to an activating group) is 1. The fraction of sp³-hybridized carbons (Fsp3) is 0.444. The molecule has 0 rings (SSSR count). The number of hydrogen-bond donors (Lipinski definition) is 0. The van der Waals surface area contributed by atoms with Crippen molar-refractivity contribution in [3.05, 3.63) is 63.3 Å². The second-order valence-corrected chi connectivity index (χ2v) is 5.76. The summed E-state index contributed by atoms with van der Waals surface area (Å²) in [5, 5.41) is 0. The first-order valence-corrected chi connectivity index (χ1v) is 7.24. The van der Waals surface area contributed by atoms with Crippen LogP contribution in [0.25, 0.3) is 0 Å². The van der Waals surface area contributed by atoms with Gasteiger partial charge in [-0.3, -0.25) is 0 Å². The quantitative estimate of drug-likeness (QED) is 0.358. The fourth-order valence-electron chi connectivity index (χ4n) is 2.65. The van der Waals surface area contributed by atoms with Crippen LogP contribution in [-0.2, 0) is 0 Å². The van der Waals surface area contributed by atoms with Crippen molar-refractivity contribution < 1.29 is 8.97 Å². The Morgan fingerprint density at radius 1 is 0.600 bits per heavy atom. The van der Waals surface area contributed by atoms with Crippen LogP contribution in [-0.4, -0.2) is 61.8 Å². The lowest BCUT2D eigenvalue weighted by atomic mass is 10.2. The molecule has 0 aliphatic carbocycles. The second-order valence-electron chi connectivity index (χ2n) is 5.76. The third-order valence-corrected chi connectivity index (χ3v) is 3.80. The predicted octanol–water partition coefficient (Wildman–Crippen LogP) is 3.18. The Hall–Kier alpha value is -1.38. The van der Waals surface area contributed by atoms with Crippen molar-refractivity contribution in [2.75, 3.05) is 52.9 Å². The Morgan fingerprint density at radius 3 is 1.25 bits per heavy atom. The summed E-state index contributed by atoms with van der Waals surface area (Å²) in [5.74, 6) is 0. The summed E-state index contributed by atoms with van der Waals surface area (Å²) < 4.78 is 1.89. The molecule has 2 nitrogen and oxygen atoms in total. The molecular weight excluding hydrogens is 244 g/mol. The highest BCUT2D eigenvalue weighted by Gasteiger charge is 2.28. The molecule has 0 aliphatic rings. The second kappa shape index (κ2) is 9.51. The van der Waals surface area contributed by atoms with Crippen molar-refractivity contribution in [3.8, 4) is 0 Å². The maximum absolute atomic E-state index is 3.91. The van der Waals surface area contributed by atoms with Gasteiger partial charge in [0.25, 0.3) is 0 Å². The molecule has 0 bridgehead atoms. The van der Waals surface area contributed by atoms with Gasteiger partial charge in [0.2, 0.25) is 0 Å². The molecule has 0 saturated heterocycles. The van der Waals surface area contributed by atoms with E-state index in [2.05, 4.69) is 39.9 Å². The van der Waals surface area contributed by atoms with Crippen molar-refractivity contribution >= 4 is 0 Å². The minimum Gasteiger partial charge on any atom is -0.315 e. The highest BCUT2D eigenvalue weighted by Crippen LogP contribution is 2.12. The molecule has 2 heteroatoms. The zero-order valence-corrected chi connectivity index (χ0v) is 13.3. The van der Waals surface area contributed by atoms with Crippen LogP contribution in [0.3, 0.4) is 0 Å². The average molecular weight is 276 g/mol. The molecule has 0 N–H and O–H groups in total. The molecule has 0 aromatic carbocycles. The Kier molecular flexibility index (Phi) is 8.86. The summed E-state index contributed by atoms with van der Waals surface area (Å²) >= 11 is 0. The van der Waals surface area contributed by atoms with E-state index < -0.39 is 0 Å². The SMILES string of the molecule is C=CC[N+](C)(CC=C)CC[N+](CC=C)(CC=C)CC=C. The Morgan fingerprint density at radius 2 is 0.950 bits per heavy atom. The van der Waals surface area contributed by atoms with Gasteiger partial charge in [0.1, 0.15) is 13.1 Å². The summed E-state index contributed by atoms with van der Waals surface area (Å²) in [6.07, 6.45) is 9.98. The minimum atomic E-state index is 0.943. The summed E-state index contributed by atoms with van der Waals surface area (Å²) in [5.41, 5.74) is 0. The molecule has 0 aromatic rings. The normalized spacial score (nSPS) is 11.7. The van der Waals surface area contributed by atoms with Gasteiger partial charge in [0.15, 0.2) is 0 Å². The molecule has 0 radical (unpaired) electrons. The molecule has 0 heterocycles. The summed E-state index contributed by atoms with van der Waals surface area (Å²) in [4.78, 5) is 0. The van der Waals surface area contributed by atoms with E-state index >= 15 is 0 Å². The molecule has 0 aromatic heterocycles. The summed E-state index contributed by atoms with van der Waals surface area (Å²) in [6, 6.07) is 0. The number of nitrogens with zero attached hydrogens (tertiary/aromatic N) is 2. The van der Waals surface area contributed by atoms with Crippen LogP contribution >= 0.6 is 0 Å². The first-order valence-electron chi connectivity index (χ1n) is 7.24. The molecule has 0 aliphatic heterocycles. The molecular formula is C18H32N2+2. The van der Waals surface area contributed by atoms with Crippen molar-refractivity contribution in [3.63, 3.8) is 0 Å². The Balaban J connectivity index is 4.97. The standard InChI is InChI=1S/C18H32N2/c1-7-12-19(6,13-8-2)17-18-20(14-9-3,15-10-4)16-11-5/h7-11H,1-5,12-18H2,6H3/q+2. The Labute approximate surface area is 125 Å². The van der Waals surface area contributed by atoms with Gasteiger partial charge in [0.05, 0.1) is 39.8 Å². The van der Waals surface area contributed by atoms with E-state index in [0.717, 1.165) is 54.8 Å². The number of quaternary nitrogens is 2. The molecule has 0 fully saturated rings. The zero-order chi connectivity index (χ0) is 15.5. The Bertz CT molecular complexity index is 305. The van der Waals surface area contributed by atoms with Crippen molar-refractivity contribution in [2.24, 2.45) is 0 Å². The average Bonchev–Trinajstić information content (AvgIpc) is 2.38. The van der Waals surface area contributed by atoms with Crippen LogP contribution in [0.15, 0.2) is 63.3 Å². The van der Waals surface area contributed by atoms with E-state index in [1.54, 1.807) is 0 Å². The lowest BCUT2D eigenvalue weighted by Crippen LogP contribution is -2.56. The van der Waals surface area contributed by atoms with Crippen LogP contribution in [0.4, 0.5) is 0 Å². The molecule has 0 unspecified atom stereocenters. The van der Waals surface area contributed by atoms with E-state index in [9.17, 15) is 0 Å². The smallest absolute Gasteiger partial charge is 0.129 e. The summed E-state index contributed by atoms with van der Waals surface area (Å²) in [6.45, 7) is 26.4. The van der Waals surface area contributed by atoms with Gasteiger partial charge in [0, 0.05) is 0 Å². The predicted molar refractivity (Wildman–Crippen MR) is 91.5 cm³/mol. The van der Waals surface area contributed by atoms with Gasteiger partial charge in [-0.25, -0.2) is 0 Å². The summed E-state index contributed by atoms with van der Waals surface area (Å²) in [7, 11) is 2.26. The van der Waals surface area contributed by atoms with Gasteiger partial charge in [-0.15, -0.1) is 0 Å². The van der Waals surface area contributed by atoms with Crippen LogP contribution in [0, 0.1) is 0 Å². The molecule has 0 saturated carbocycles. The highest BCUT2D eigenvalue weighted by atomic mass is 15.4. The maximum atomic E-state index is 3.91. The van der Waals surface area contributed by atoms with Crippen LogP contribution in [0.1, 0.15) is 0 Å². The van der Waals surface area contributed by atoms with Crippen LogP contribution in [0.2, 0.25) is 0 Å². The van der Waals surface area contributed by atoms with Crippen LogP contribution < -0.4 is 0 Å². The number of hydrogen-bond acceptors (Lipinski definition) is 0. The topological polar surface area (TPSA) is 0 Å². The molecule has 0 amide bonds. The van der Waals surface area contributed by atoms with Gasteiger partial charge < -0.3 is 8.97 Å². The first-order chi connectivity index (χ1) is 9.51. The van der Waals surface area contributed by atoms with E-state index in [4.69, 9.17) is 0 Å². The third-order valence-electron chi connectivity index (χ3n) is 3.80. The van der Waals surface area contributed by atoms with Crippen molar-refractivity contribution in [2.45, 2.75) is 0 Å². The van der Waals surface area contributed by atoms with E-state index in [0.29, 0.717) is 0 Å². The molecule has 0 spiro atoms. The molecule has 0 atom stereocenters. The van der Waals surface area contributed by atoms with Gasteiger partial charge in [-0.1, -0.05) is 32.9 Å². The highest BCUT2D eigenvalue weighted by molar-refractivity contribution is 4.77. The van der Waals surface area contributed by atoms with Crippen molar-refractivity contribution in [1.82, 2.24) is 0 Å².